The summed E-state index contributed by atoms with van der Waals surface area (Å²) in [4.78, 5) is 8.99. The fraction of sp³-hybridized carbons (Fsp3) is 0.438. The lowest BCUT2D eigenvalue weighted by Crippen LogP contribution is -2.40. The van der Waals surface area contributed by atoms with Gasteiger partial charge in [-0.05, 0) is 46.1 Å². The molecule has 1 atom stereocenters. The van der Waals surface area contributed by atoms with Crippen molar-refractivity contribution in [3.63, 3.8) is 0 Å². The van der Waals surface area contributed by atoms with E-state index in [1.165, 1.54) is 0 Å². The van der Waals surface area contributed by atoms with Gasteiger partial charge in [0.15, 0.2) is 0 Å². The topological polar surface area (TPSA) is 45.4 Å². The summed E-state index contributed by atoms with van der Waals surface area (Å²) in [6, 6.07) is 6.50. The Morgan fingerprint density at radius 3 is 2.67 bits per heavy atom. The van der Waals surface area contributed by atoms with Gasteiger partial charge in [-0.2, -0.15) is 0 Å². The van der Waals surface area contributed by atoms with Gasteiger partial charge in [-0.25, -0.2) is 0 Å². The zero-order valence-electron chi connectivity index (χ0n) is 13.1. The highest BCUT2D eigenvalue weighted by molar-refractivity contribution is 9.10. The molecule has 0 fully saturated rings. The van der Waals surface area contributed by atoms with Crippen LogP contribution in [0, 0.1) is 0 Å². The quantitative estimate of drug-likeness (QED) is 0.897. The molecule has 21 heavy (non-hydrogen) atoms. The van der Waals surface area contributed by atoms with Gasteiger partial charge in [-0.3, -0.25) is 4.98 Å². The number of anilines is 2. The highest BCUT2D eigenvalue weighted by atomic mass is 79.9. The van der Waals surface area contributed by atoms with Crippen LogP contribution in [-0.2, 0) is 0 Å². The van der Waals surface area contributed by atoms with E-state index in [0.29, 0.717) is 6.04 Å². The second-order valence-corrected chi connectivity index (χ2v) is 6.54. The number of nitrogen functional groups attached to an aromatic ring is 1. The van der Waals surface area contributed by atoms with Gasteiger partial charge in [0.1, 0.15) is 0 Å². The standard InChI is InChI=1S/C16H23BrN4/c1-5-21(11(2)10-20(3)4)16-13-8-12(17)6-7-15(13)19-9-14(16)18/h6-9,11H,5,10,18H2,1-4H3. The second-order valence-electron chi connectivity index (χ2n) is 5.62. The Kier molecular flexibility index (Phi) is 5.06. The number of fused-ring (bicyclic) bond motifs is 1. The van der Waals surface area contributed by atoms with Crippen LogP contribution in [0.4, 0.5) is 11.4 Å². The van der Waals surface area contributed by atoms with Gasteiger partial charge < -0.3 is 15.5 Å². The number of nitrogens with two attached hydrogens (primary N) is 1. The van der Waals surface area contributed by atoms with E-state index in [9.17, 15) is 0 Å². The van der Waals surface area contributed by atoms with Crippen LogP contribution in [0.2, 0.25) is 0 Å². The number of halogens is 1. The van der Waals surface area contributed by atoms with Crippen LogP contribution in [0.5, 0.6) is 0 Å². The first-order valence-corrected chi connectivity index (χ1v) is 7.98. The van der Waals surface area contributed by atoms with Crippen molar-refractivity contribution in [2.75, 3.05) is 37.8 Å². The van der Waals surface area contributed by atoms with E-state index < -0.39 is 0 Å². The first-order chi connectivity index (χ1) is 9.93. The van der Waals surface area contributed by atoms with Crippen molar-refractivity contribution in [1.29, 1.82) is 0 Å². The molecule has 2 N–H and O–H groups in total. The van der Waals surface area contributed by atoms with Gasteiger partial charge in [0.2, 0.25) is 0 Å². The molecule has 0 saturated carbocycles. The van der Waals surface area contributed by atoms with Crippen LogP contribution in [-0.4, -0.2) is 43.1 Å². The number of benzene rings is 1. The smallest absolute Gasteiger partial charge is 0.0745 e. The van der Waals surface area contributed by atoms with E-state index in [0.717, 1.165) is 39.8 Å². The van der Waals surface area contributed by atoms with Crippen LogP contribution in [0.1, 0.15) is 13.8 Å². The Morgan fingerprint density at radius 2 is 2.05 bits per heavy atom. The number of hydrogen-bond donors (Lipinski definition) is 1. The molecule has 114 valence electrons. The number of likely N-dealkylation sites (N-methyl/N-ethyl adjacent to an activating group) is 2. The van der Waals surface area contributed by atoms with E-state index in [1.807, 2.05) is 12.1 Å². The van der Waals surface area contributed by atoms with Gasteiger partial charge in [-0.1, -0.05) is 15.9 Å². The van der Waals surface area contributed by atoms with Crippen molar-refractivity contribution in [1.82, 2.24) is 9.88 Å². The number of nitrogens with zero attached hydrogens (tertiary/aromatic N) is 3. The summed E-state index contributed by atoms with van der Waals surface area (Å²) in [5.41, 5.74) is 9.03. The molecule has 0 radical (unpaired) electrons. The summed E-state index contributed by atoms with van der Waals surface area (Å²) < 4.78 is 1.04. The first-order valence-electron chi connectivity index (χ1n) is 7.19. The molecule has 0 aliphatic rings. The molecular formula is C16H23BrN4. The Hall–Kier alpha value is -1.33. The second kappa shape index (κ2) is 6.62. The largest absolute Gasteiger partial charge is 0.396 e. The van der Waals surface area contributed by atoms with Crippen molar-refractivity contribution >= 4 is 38.2 Å². The zero-order chi connectivity index (χ0) is 15.6. The highest BCUT2D eigenvalue weighted by Crippen LogP contribution is 2.34. The molecule has 4 nitrogen and oxygen atoms in total. The maximum Gasteiger partial charge on any atom is 0.0745 e. The van der Waals surface area contributed by atoms with Crippen molar-refractivity contribution in [2.24, 2.45) is 0 Å². The minimum Gasteiger partial charge on any atom is -0.396 e. The number of pyridine rings is 1. The predicted octanol–water partition coefficient (Wildman–Crippen LogP) is 3.36. The number of hydrogen-bond acceptors (Lipinski definition) is 4. The van der Waals surface area contributed by atoms with E-state index in [-0.39, 0.29) is 0 Å². The van der Waals surface area contributed by atoms with Crippen molar-refractivity contribution in [3.8, 4) is 0 Å². The van der Waals surface area contributed by atoms with Crippen LogP contribution in [0.25, 0.3) is 10.9 Å². The van der Waals surface area contributed by atoms with Gasteiger partial charge >= 0.3 is 0 Å². The highest BCUT2D eigenvalue weighted by Gasteiger charge is 2.19. The maximum absolute atomic E-state index is 6.25. The third-order valence-electron chi connectivity index (χ3n) is 3.62. The molecule has 1 unspecified atom stereocenters. The van der Waals surface area contributed by atoms with Crippen LogP contribution >= 0.6 is 15.9 Å². The molecule has 2 aromatic rings. The summed E-state index contributed by atoms with van der Waals surface area (Å²) in [5, 5.41) is 1.09. The minimum absolute atomic E-state index is 0.372. The third-order valence-corrected chi connectivity index (χ3v) is 4.11. The number of rotatable bonds is 5. The predicted molar refractivity (Wildman–Crippen MR) is 94.9 cm³/mol. The van der Waals surface area contributed by atoms with E-state index in [1.54, 1.807) is 6.20 Å². The Labute approximate surface area is 135 Å². The number of aromatic nitrogens is 1. The molecule has 0 amide bonds. The summed E-state index contributed by atoms with van der Waals surface area (Å²) in [6.45, 7) is 6.28. The Bertz CT molecular complexity index is 622. The lowest BCUT2D eigenvalue weighted by molar-refractivity contribution is 0.373. The molecule has 1 aromatic heterocycles. The van der Waals surface area contributed by atoms with E-state index in [2.05, 4.69) is 64.7 Å². The minimum atomic E-state index is 0.372. The normalized spacial score (nSPS) is 12.9. The lowest BCUT2D eigenvalue weighted by atomic mass is 10.1. The molecule has 0 aliphatic carbocycles. The Balaban J connectivity index is 2.56. The molecule has 0 bridgehead atoms. The van der Waals surface area contributed by atoms with Crippen LogP contribution in [0.15, 0.2) is 28.9 Å². The van der Waals surface area contributed by atoms with Gasteiger partial charge in [0, 0.05) is 29.0 Å². The molecule has 0 aliphatic heterocycles. The molecule has 5 heteroatoms. The molecule has 1 aromatic carbocycles. The van der Waals surface area contributed by atoms with Crippen molar-refractivity contribution < 1.29 is 0 Å². The van der Waals surface area contributed by atoms with E-state index >= 15 is 0 Å². The summed E-state index contributed by atoms with van der Waals surface area (Å²) in [7, 11) is 4.18. The van der Waals surface area contributed by atoms with Crippen LogP contribution in [0.3, 0.4) is 0 Å². The lowest BCUT2D eigenvalue weighted by Gasteiger charge is -2.33. The summed E-state index contributed by atoms with van der Waals surface area (Å²) in [5.74, 6) is 0. The van der Waals surface area contributed by atoms with Gasteiger partial charge in [0.05, 0.1) is 23.1 Å². The average molecular weight is 351 g/mol. The third kappa shape index (κ3) is 3.47. The van der Waals surface area contributed by atoms with Gasteiger partial charge in [0.25, 0.3) is 0 Å². The van der Waals surface area contributed by atoms with E-state index in [4.69, 9.17) is 5.73 Å². The van der Waals surface area contributed by atoms with Crippen LogP contribution < -0.4 is 10.6 Å². The molecule has 0 spiro atoms. The molecule has 2 rings (SSSR count). The van der Waals surface area contributed by atoms with Crippen molar-refractivity contribution in [2.45, 2.75) is 19.9 Å². The maximum atomic E-state index is 6.25. The molecular weight excluding hydrogens is 328 g/mol. The first kappa shape index (κ1) is 16.0. The monoisotopic (exact) mass is 350 g/mol. The summed E-state index contributed by atoms with van der Waals surface area (Å²) in [6.07, 6.45) is 1.76. The Morgan fingerprint density at radius 1 is 1.33 bits per heavy atom. The van der Waals surface area contributed by atoms with Crippen molar-refractivity contribution in [3.05, 3.63) is 28.9 Å². The fourth-order valence-corrected chi connectivity index (χ4v) is 3.17. The zero-order valence-corrected chi connectivity index (χ0v) is 14.7. The fourth-order valence-electron chi connectivity index (χ4n) is 2.80. The summed E-state index contributed by atoms with van der Waals surface area (Å²) >= 11 is 3.54. The van der Waals surface area contributed by atoms with Gasteiger partial charge in [-0.15, -0.1) is 0 Å². The average Bonchev–Trinajstić information content (AvgIpc) is 2.41. The SMILES string of the molecule is CCN(c1c(N)cnc2ccc(Br)cc12)C(C)CN(C)C. The molecule has 1 heterocycles. The molecule has 0 saturated heterocycles.